The van der Waals surface area contributed by atoms with Gasteiger partial charge in [-0.3, -0.25) is 0 Å². The fourth-order valence-electron chi connectivity index (χ4n) is 0.746. The van der Waals surface area contributed by atoms with E-state index in [2.05, 4.69) is 0 Å². The Balaban J connectivity index is 4.22. The van der Waals surface area contributed by atoms with E-state index in [9.17, 15) is 13.2 Å². The van der Waals surface area contributed by atoms with Crippen molar-refractivity contribution in [2.45, 2.75) is 38.7 Å². The maximum absolute atomic E-state index is 11.8. The highest BCUT2D eigenvalue weighted by atomic mass is 19.4. The van der Waals surface area contributed by atoms with E-state index in [1.165, 1.54) is 6.92 Å². The quantitative estimate of drug-likeness (QED) is 0.658. The van der Waals surface area contributed by atoms with E-state index < -0.39 is 18.4 Å². The highest BCUT2D eigenvalue weighted by molar-refractivity contribution is 4.75. The van der Waals surface area contributed by atoms with E-state index >= 15 is 0 Å². The summed E-state index contributed by atoms with van der Waals surface area (Å²) in [5.74, 6) is -3.90. The van der Waals surface area contributed by atoms with Crippen LogP contribution in [0.25, 0.3) is 0 Å². The zero-order valence-corrected chi connectivity index (χ0v) is 7.02. The third-order valence-electron chi connectivity index (χ3n) is 1.78. The second kappa shape index (κ2) is 3.62. The summed E-state index contributed by atoms with van der Waals surface area (Å²) in [6.45, 7) is 3.23. The monoisotopic (exact) mass is 186 g/mol. The van der Waals surface area contributed by atoms with Gasteiger partial charge in [0.25, 0.3) is 5.79 Å². The van der Waals surface area contributed by atoms with Gasteiger partial charge >= 0.3 is 6.18 Å². The zero-order valence-electron chi connectivity index (χ0n) is 7.02. The van der Waals surface area contributed by atoms with E-state index in [0.717, 1.165) is 0 Å². The van der Waals surface area contributed by atoms with Crippen LogP contribution in [0.4, 0.5) is 13.2 Å². The molecule has 74 valence electrons. The molecule has 0 aromatic heterocycles. The zero-order chi connectivity index (χ0) is 9.99. The van der Waals surface area contributed by atoms with Crippen LogP contribution in [-0.2, 0) is 0 Å². The van der Waals surface area contributed by atoms with Gasteiger partial charge in [0.1, 0.15) is 0 Å². The molecule has 2 nitrogen and oxygen atoms in total. The second-order valence-corrected chi connectivity index (χ2v) is 3.03. The van der Waals surface area contributed by atoms with Gasteiger partial charge in [-0.15, -0.1) is 0 Å². The van der Waals surface area contributed by atoms with E-state index in [4.69, 9.17) is 10.2 Å². The Kier molecular flexibility index (Phi) is 3.53. The molecule has 0 fully saturated rings. The van der Waals surface area contributed by atoms with Gasteiger partial charge < -0.3 is 10.2 Å². The summed E-state index contributed by atoms with van der Waals surface area (Å²) >= 11 is 0. The molecule has 0 aliphatic heterocycles. The molecular formula is C7H13F3O2. The van der Waals surface area contributed by atoms with Crippen molar-refractivity contribution >= 4 is 0 Å². The van der Waals surface area contributed by atoms with Crippen molar-refractivity contribution in [2.75, 3.05) is 0 Å². The van der Waals surface area contributed by atoms with Crippen LogP contribution >= 0.6 is 0 Å². The molecule has 0 aliphatic carbocycles. The SMILES string of the molecule is CC[C@H](C)CC(O)(O)C(F)(F)F. The van der Waals surface area contributed by atoms with Gasteiger partial charge in [0.15, 0.2) is 0 Å². The first-order valence-electron chi connectivity index (χ1n) is 3.72. The molecule has 0 unspecified atom stereocenters. The second-order valence-electron chi connectivity index (χ2n) is 3.03. The molecule has 0 aromatic rings. The molecule has 0 saturated carbocycles. The molecule has 0 heterocycles. The van der Waals surface area contributed by atoms with Gasteiger partial charge in [0, 0.05) is 6.42 Å². The van der Waals surface area contributed by atoms with E-state index in [1.54, 1.807) is 6.92 Å². The van der Waals surface area contributed by atoms with Crippen molar-refractivity contribution in [3.63, 3.8) is 0 Å². The maximum Gasteiger partial charge on any atom is 0.442 e. The van der Waals surface area contributed by atoms with Crippen molar-refractivity contribution in [3.8, 4) is 0 Å². The molecule has 0 amide bonds. The van der Waals surface area contributed by atoms with E-state index in [1.807, 2.05) is 0 Å². The van der Waals surface area contributed by atoms with Gasteiger partial charge in [0.05, 0.1) is 0 Å². The fraction of sp³-hybridized carbons (Fsp3) is 1.00. The van der Waals surface area contributed by atoms with Gasteiger partial charge in [-0.25, -0.2) is 0 Å². The summed E-state index contributed by atoms with van der Waals surface area (Å²) in [5.41, 5.74) is 0. The molecular weight excluding hydrogens is 173 g/mol. The molecule has 0 saturated heterocycles. The first kappa shape index (κ1) is 11.7. The summed E-state index contributed by atoms with van der Waals surface area (Å²) in [6.07, 6.45) is -5.15. The normalized spacial score (nSPS) is 16.2. The van der Waals surface area contributed by atoms with Crippen molar-refractivity contribution in [2.24, 2.45) is 5.92 Å². The highest BCUT2D eigenvalue weighted by Crippen LogP contribution is 2.33. The molecule has 0 bridgehead atoms. The van der Waals surface area contributed by atoms with Gasteiger partial charge in [-0.1, -0.05) is 20.3 Å². The Morgan fingerprint density at radius 2 is 1.67 bits per heavy atom. The Hall–Kier alpha value is -0.290. The molecule has 1 atom stereocenters. The topological polar surface area (TPSA) is 40.5 Å². The van der Waals surface area contributed by atoms with Crippen LogP contribution in [0.15, 0.2) is 0 Å². The Bertz CT molecular complexity index is 142. The summed E-state index contributed by atoms with van der Waals surface area (Å²) in [7, 11) is 0. The van der Waals surface area contributed by atoms with Crippen LogP contribution in [0.5, 0.6) is 0 Å². The molecule has 0 rings (SSSR count). The molecule has 12 heavy (non-hydrogen) atoms. The van der Waals surface area contributed by atoms with E-state index in [0.29, 0.717) is 6.42 Å². The molecule has 5 heteroatoms. The molecule has 0 aliphatic rings. The number of alkyl halides is 3. The lowest BCUT2D eigenvalue weighted by atomic mass is 9.98. The lowest BCUT2D eigenvalue weighted by Crippen LogP contribution is -2.46. The smallest absolute Gasteiger partial charge is 0.359 e. The number of hydrogen-bond donors (Lipinski definition) is 2. The predicted octanol–water partition coefficient (Wildman–Crippen LogP) is 1.67. The first-order valence-corrected chi connectivity index (χ1v) is 3.72. The Morgan fingerprint density at radius 3 is 1.92 bits per heavy atom. The van der Waals surface area contributed by atoms with Crippen LogP contribution in [0.3, 0.4) is 0 Å². The standard InChI is InChI=1S/C7H13F3O2/c1-3-5(2)4-6(11,12)7(8,9)10/h5,11-12H,3-4H2,1-2H3/t5-/m0/s1. The molecule has 0 aromatic carbocycles. The largest absolute Gasteiger partial charge is 0.442 e. The summed E-state index contributed by atoms with van der Waals surface area (Å²) < 4.78 is 35.5. The Labute approximate surface area is 69.0 Å². The molecule has 0 spiro atoms. The minimum absolute atomic E-state index is 0.360. The van der Waals surface area contributed by atoms with Crippen molar-refractivity contribution < 1.29 is 23.4 Å². The van der Waals surface area contributed by atoms with Gasteiger partial charge in [-0.05, 0) is 5.92 Å². The number of halogens is 3. The van der Waals surface area contributed by atoms with Gasteiger partial charge in [-0.2, -0.15) is 13.2 Å². The molecule has 2 N–H and O–H groups in total. The van der Waals surface area contributed by atoms with Crippen LogP contribution in [0.2, 0.25) is 0 Å². The predicted molar refractivity (Wildman–Crippen MR) is 37.3 cm³/mol. The summed E-state index contributed by atoms with van der Waals surface area (Å²) in [6, 6.07) is 0. The number of hydrogen-bond acceptors (Lipinski definition) is 2. The summed E-state index contributed by atoms with van der Waals surface area (Å²) in [5, 5.41) is 17.2. The Morgan fingerprint density at radius 1 is 1.25 bits per heavy atom. The minimum Gasteiger partial charge on any atom is -0.359 e. The summed E-state index contributed by atoms with van der Waals surface area (Å²) in [4.78, 5) is 0. The highest BCUT2D eigenvalue weighted by Gasteiger charge is 2.52. The third-order valence-corrected chi connectivity index (χ3v) is 1.78. The average molecular weight is 186 g/mol. The van der Waals surface area contributed by atoms with Gasteiger partial charge in [0.2, 0.25) is 0 Å². The van der Waals surface area contributed by atoms with Crippen LogP contribution in [0, 0.1) is 5.92 Å². The maximum atomic E-state index is 11.8. The van der Waals surface area contributed by atoms with Crippen LogP contribution in [-0.4, -0.2) is 22.2 Å². The average Bonchev–Trinajstić information content (AvgIpc) is 1.84. The van der Waals surface area contributed by atoms with Crippen molar-refractivity contribution in [1.29, 1.82) is 0 Å². The fourth-order valence-corrected chi connectivity index (χ4v) is 0.746. The number of rotatable bonds is 3. The minimum atomic E-state index is -4.96. The lowest BCUT2D eigenvalue weighted by Gasteiger charge is -2.26. The van der Waals surface area contributed by atoms with Crippen molar-refractivity contribution in [1.82, 2.24) is 0 Å². The first-order chi connectivity index (χ1) is 5.20. The number of aliphatic hydroxyl groups is 2. The lowest BCUT2D eigenvalue weighted by molar-refractivity contribution is -0.354. The van der Waals surface area contributed by atoms with E-state index in [-0.39, 0.29) is 5.92 Å². The van der Waals surface area contributed by atoms with Crippen LogP contribution < -0.4 is 0 Å². The molecule has 0 radical (unpaired) electrons. The van der Waals surface area contributed by atoms with Crippen molar-refractivity contribution in [3.05, 3.63) is 0 Å². The third kappa shape index (κ3) is 2.98. The van der Waals surface area contributed by atoms with Crippen LogP contribution in [0.1, 0.15) is 26.7 Å².